The van der Waals surface area contributed by atoms with Gasteiger partial charge in [0, 0.05) is 27.1 Å². The minimum atomic E-state index is -3.38. The second kappa shape index (κ2) is 6.89. The summed E-state index contributed by atoms with van der Waals surface area (Å²) in [6, 6.07) is 0. The minimum absolute atomic E-state index is 0.0166. The molecule has 6 nitrogen and oxygen atoms in total. The molecule has 1 saturated heterocycles. The molecule has 19 heavy (non-hydrogen) atoms. The molecule has 1 amide bonds. The molecular weight excluding hydrogens is 268 g/mol. The van der Waals surface area contributed by atoms with Crippen LogP contribution in [0.25, 0.3) is 0 Å². The highest BCUT2D eigenvalue weighted by molar-refractivity contribution is 7.86. The van der Waals surface area contributed by atoms with E-state index in [0.29, 0.717) is 26.1 Å². The first-order valence-electron chi connectivity index (χ1n) is 6.06. The predicted octanol–water partition coefficient (Wildman–Crippen LogP) is -0.481. The lowest BCUT2D eigenvalue weighted by molar-refractivity contribution is -0.126. The van der Waals surface area contributed by atoms with Crippen molar-refractivity contribution in [3.05, 3.63) is 0 Å². The van der Waals surface area contributed by atoms with E-state index in [9.17, 15) is 13.2 Å². The van der Waals surface area contributed by atoms with Crippen LogP contribution in [0.5, 0.6) is 0 Å². The highest BCUT2D eigenvalue weighted by atomic mass is 32.2. The number of nitrogens with zero attached hydrogens (tertiary/aromatic N) is 2. The van der Waals surface area contributed by atoms with Gasteiger partial charge in [-0.05, 0) is 6.42 Å². The Labute approximate surface area is 114 Å². The summed E-state index contributed by atoms with van der Waals surface area (Å²) in [5.74, 6) is 5.87. The minimum Gasteiger partial charge on any atom is -0.335 e. The Hall–Kier alpha value is -1.10. The van der Waals surface area contributed by atoms with Gasteiger partial charge in [-0.15, -0.1) is 0 Å². The molecule has 0 saturated carbocycles. The predicted molar refractivity (Wildman–Crippen MR) is 71.9 cm³/mol. The Balaban J connectivity index is 2.30. The van der Waals surface area contributed by atoms with Crippen molar-refractivity contribution >= 4 is 16.0 Å². The van der Waals surface area contributed by atoms with Crippen LogP contribution in [-0.2, 0) is 19.1 Å². The molecule has 1 fully saturated rings. The van der Waals surface area contributed by atoms with Crippen LogP contribution in [0.15, 0.2) is 0 Å². The zero-order valence-corrected chi connectivity index (χ0v) is 12.4. The van der Waals surface area contributed by atoms with E-state index in [0.717, 1.165) is 12.8 Å². The van der Waals surface area contributed by atoms with Gasteiger partial charge in [0.25, 0.3) is 10.1 Å². The van der Waals surface area contributed by atoms with E-state index in [4.69, 9.17) is 4.18 Å². The molecular formula is C12H20N2O4S. The molecule has 7 heteroatoms. The Bertz CT molecular complexity index is 478. The summed E-state index contributed by atoms with van der Waals surface area (Å²) >= 11 is 0. The zero-order valence-electron chi connectivity index (χ0n) is 11.5. The molecule has 0 aromatic heterocycles. The van der Waals surface area contributed by atoms with Gasteiger partial charge in [0.15, 0.2) is 0 Å². The zero-order chi connectivity index (χ0) is 14.5. The van der Waals surface area contributed by atoms with Crippen LogP contribution >= 0.6 is 0 Å². The molecule has 1 aliphatic heterocycles. The van der Waals surface area contributed by atoms with Crippen molar-refractivity contribution in [1.82, 2.24) is 9.80 Å². The van der Waals surface area contributed by atoms with Gasteiger partial charge in [-0.2, -0.15) is 8.42 Å². The van der Waals surface area contributed by atoms with Gasteiger partial charge in [0.1, 0.15) is 0 Å². The van der Waals surface area contributed by atoms with Crippen molar-refractivity contribution in [3.8, 4) is 11.8 Å². The molecule has 0 spiro atoms. The second-order valence-electron chi connectivity index (χ2n) is 4.67. The van der Waals surface area contributed by atoms with Crippen molar-refractivity contribution in [2.24, 2.45) is 0 Å². The van der Waals surface area contributed by atoms with Crippen LogP contribution < -0.4 is 0 Å². The molecule has 0 bridgehead atoms. The largest absolute Gasteiger partial charge is 0.335 e. The third-order valence-electron chi connectivity index (χ3n) is 2.82. The van der Waals surface area contributed by atoms with Crippen LogP contribution in [0.4, 0.5) is 0 Å². The average molecular weight is 288 g/mol. The van der Waals surface area contributed by atoms with Crippen LogP contribution in [0, 0.1) is 11.8 Å². The number of rotatable bonds is 4. The quantitative estimate of drug-likeness (QED) is 0.516. The maximum Gasteiger partial charge on any atom is 0.264 e. The van der Waals surface area contributed by atoms with E-state index in [1.807, 2.05) is 4.90 Å². The SMILES string of the molecule is CC(=O)N(C)CC#CCN1CC[C@H](OS(C)(=O)=O)C1. The normalized spacial score (nSPS) is 19.8. The van der Waals surface area contributed by atoms with Crippen LogP contribution in [-0.4, -0.2) is 69.7 Å². The summed E-state index contributed by atoms with van der Waals surface area (Å²) in [6.07, 6.45) is 1.49. The summed E-state index contributed by atoms with van der Waals surface area (Å²) < 4.78 is 26.9. The van der Waals surface area contributed by atoms with Crippen molar-refractivity contribution in [2.75, 3.05) is 39.5 Å². The second-order valence-corrected chi connectivity index (χ2v) is 6.28. The van der Waals surface area contributed by atoms with Crippen LogP contribution in [0.1, 0.15) is 13.3 Å². The average Bonchev–Trinajstić information content (AvgIpc) is 2.69. The van der Waals surface area contributed by atoms with Crippen molar-refractivity contribution in [3.63, 3.8) is 0 Å². The Morgan fingerprint density at radius 1 is 1.47 bits per heavy atom. The van der Waals surface area contributed by atoms with Gasteiger partial charge < -0.3 is 4.90 Å². The Morgan fingerprint density at radius 3 is 2.74 bits per heavy atom. The first-order valence-corrected chi connectivity index (χ1v) is 7.87. The summed E-state index contributed by atoms with van der Waals surface area (Å²) in [7, 11) is -1.69. The van der Waals surface area contributed by atoms with Gasteiger partial charge >= 0.3 is 0 Å². The smallest absolute Gasteiger partial charge is 0.264 e. The maximum absolute atomic E-state index is 11.0. The monoisotopic (exact) mass is 288 g/mol. The number of amides is 1. The fourth-order valence-corrected chi connectivity index (χ4v) is 2.37. The standard InChI is InChI=1S/C12H20N2O4S/c1-11(15)13(2)7-4-5-8-14-9-6-12(10-14)18-19(3,16)17/h12H,6-10H2,1-3H3/t12-/m0/s1. The molecule has 0 aliphatic carbocycles. The first-order chi connectivity index (χ1) is 8.78. The van der Waals surface area contributed by atoms with E-state index in [2.05, 4.69) is 11.8 Å². The van der Waals surface area contributed by atoms with Gasteiger partial charge in [0.2, 0.25) is 5.91 Å². The molecule has 0 N–H and O–H groups in total. The molecule has 1 rings (SSSR count). The third-order valence-corrected chi connectivity index (χ3v) is 3.44. The van der Waals surface area contributed by atoms with E-state index in [1.165, 1.54) is 11.8 Å². The molecule has 108 valence electrons. The molecule has 1 heterocycles. The lowest BCUT2D eigenvalue weighted by Crippen LogP contribution is -2.26. The molecule has 0 radical (unpaired) electrons. The lowest BCUT2D eigenvalue weighted by Gasteiger charge is -2.12. The van der Waals surface area contributed by atoms with Gasteiger partial charge in [-0.25, -0.2) is 0 Å². The molecule has 0 aromatic carbocycles. The van der Waals surface area contributed by atoms with E-state index in [-0.39, 0.29) is 12.0 Å². The summed E-state index contributed by atoms with van der Waals surface area (Å²) in [5, 5.41) is 0. The first kappa shape index (κ1) is 16.0. The van der Waals surface area contributed by atoms with Gasteiger partial charge in [-0.3, -0.25) is 13.9 Å². The molecule has 1 atom stereocenters. The van der Waals surface area contributed by atoms with Crippen molar-refractivity contribution < 1.29 is 17.4 Å². The summed E-state index contributed by atoms with van der Waals surface area (Å²) in [5.41, 5.74) is 0. The number of hydrogen-bond acceptors (Lipinski definition) is 5. The van der Waals surface area contributed by atoms with E-state index >= 15 is 0 Å². The fraction of sp³-hybridized carbons (Fsp3) is 0.750. The fourth-order valence-electron chi connectivity index (χ4n) is 1.72. The van der Waals surface area contributed by atoms with Gasteiger partial charge in [0.05, 0.1) is 25.4 Å². The lowest BCUT2D eigenvalue weighted by atomic mass is 10.3. The van der Waals surface area contributed by atoms with E-state index in [1.54, 1.807) is 7.05 Å². The number of carbonyl (C=O) groups excluding carboxylic acids is 1. The summed E-state index contributed by atoms with van der Waals surface area (Å²) in [6.45, 7) is 3.82. The Morgan fingerprint density at radius 2 is 2.16 bits per heavy atom. The Kier molecular flexibility index (Phi) is 5.79. The van der Waals surface area contributed by atoms with Crippen molar-refractivity contribution in [2.45, 2.75) is 19.4 Å². The highest BCUT2D eigenvalue weighted by Crippen LogP contribution is 2.13. The molecule has 0 aromatic rings. The maximum atomic E-state index is 11.0. The molecule has 1 aliphatic rings. The number of likely N-dealkylation sites (tertiary alicyclic amines) is 1. The topological polar surface area (TPSA) is 66.9 Å². The number of carbonyl (C=O) groups is 1. The van der Waals surface area contributed by atoms with Crippen molar-refractivity contribution in [1.29, 1.82) is 0 Å². The van der Waals surface area contributed by atoms with Gasteiger partial charge in [-0.1, -0.05) is 11.8 Å². The van der Waals surface area contributed by atoms with E-state index < -0.39 is 10.1 Å². The number of hydrogen-bond donors (Lipinski definition) is 0. The molecule has 0 unspecified atom stereocenters. The highest BCUT2D eigenvalue weighted by Gasteiger charge is 2.25. The third kappa shape index (κ3) is 6.57. The van der Waals surface area contributed by atoms with Crippen LogP contribution in [0.3, 0.4) is 0 Å². The van der Waals surface area contributed by atoms with Crippen LogP contribution in [0.2, 0.25) is 0 Å². The summed E-state index contributed by atoms with van der Waals surface area (Å²) in [4.78, 5) is 14.5.